The van der Waals surface area contributed by atoms with Gasteiger partial charge in [0.15, 0.2) is 0 Å². The Bertz CT molecular complexity index is 133. The standard InChI is InChI=1S/C7H11NO/c1-2-6-4-8-5-7(6)9-3-1/h1-2,6-8H,3-5H2/t6-,7-/m1/s1. The van der Waals surface area contributed by atoms with E-state index in [0.717, 1.165) is 19.7 Å². The molecule has 0 amide bonds. The highest BCUT2D eigenvalue weighted by Gasteiger charge is 2.26. The van der Waals surface area contributed by atoms with Crippen LogP contribution in [0.25, 0.3) is 0 Å². The molecule has 2 heteroatoms. The van der Waals surface area contributed by atoms with Crippen LogP contribution >= 0.6 is 0 Å². The predicted molar refractivity (Wildman–Crippen MR) is 35.2 cm³/mol. The smallest absolute Gasteiger partial charge is 0.0778 e. The molecule has 2 aliphatic heterocycles. The van der Waals surface area contributed by atoms with Crippen LogP contribution in [0.15, 0.2) is 12.2 Å². The maximum atomic E-state index is 5.45. The molecule has 2 heterocycles. The number of fused-ring (bicyclic) bond motifs is 1. The number of rotatable bonds is 0. The first-order valence-corrected chi connectivity index (χ1v) is 3.46. The van der Waals surface area contributed by atoms with Gasteiger partial charge in [0.2, 0.25) is 0 Å². The third-order valence-corrected chi connectivity index (χ3v) is 1.99. The molecule has 2 aliphatic rings. The molecule has 0 aromatic rings. The van der Waals surface area contributed by atoms with Crippen LogP contribution in [0.2, 0.25) is 0 Å². The molecule has 2 nitrogen and oxygen atoms in total. The highest BCUT2D eigenvalue weighted by molar-refractivity contribution is 5.01. The molecule has 1 fully saturated rings. The first-order valence-electron chi connectivity index (χ1n) is 3.46. The van der Waals surface area contributed by atoms with E-state index in [1.807, 2.05) is 0 Å². The van der Waals surface area contributed by atoms with Crippen LogP contribution in [0.4, 0.5) is 0 Å². The fourth-order valence-corrected chi connectivity index (χ4v) is 1.46. The molecule has 50 valence electrons. The Kier molecular flexibility index (Phi) is 1.28. The monoisotopic (exact) mass is 125 g/mol. The van der Waals surface area contributed by atoms with Crippen LogP contribution in [0.3, 0.4) is 0 Å². The third-order valence-electron chi connectivity index (χ3n) is 1.99. The molecule has 1 saturated heterocycles. The number of hydrogen-bond donors (Lipinski definition) is 1. The zero-order valence-electron chi connectivity index (χ0n) is 5.34. The minimum absolute atomic E-state index is 0.468. The molecule has 2 rings (SSSR count). The summed E-state index contributed by atoms with van der Waals surface area (Å²) in [4.78, 5) is 0. The minimum Gasteiger partial charge on any atom is -0.372 e. The Morgan fingerprint density at radius 3 is 3.33 bits per heavy atom. The Hall–Kier alpha value is -0.340. The van der Waals surface area contributed by atoms with Crippen LogP contribution in [-0.4, -0.2) is 25.8 Å². The van der Waals surface area contributed by atoms with Gasteiger partial charge in [0.1, 0.15) is 0 Å². The van der Waals surface area contributed by atoms with Crippen LogP contribution in [0.1, 0.15) is 0 Å². The van der Waals surface area contributed by atoms with Crippen molar-refractivity contribution in [2.75, 3.05) is 19.7 Å². The zero-order valence-corrected chi connectivity index (χ0v) is 5.34. The zero-order chi connectivity index (χ0) is 6.10. The van der Waals surface area contributed by atoms with Gasteiger partial charge in [0.25, 0.3) is 0 Å². The average molecular weight is 125 g/mol. The number of hydrogen-bond acceptors (Lipinski definition) is 2. The van der Waals surface area contributed by atoms with Crippen molar-refractivity contribution in [1.82, 2.24) is 5.32 Å². The molecule has 0 spiro atoms. The minimum atomic E-state index is 0.468. The van der Waals surface area contributed by atoms with E-state index < -0.39 is 0 Å². The van der Waals surface area contributed by atoms with E-state index in [4.69, 9.17) is 4.74 Å². The average Bonchev–Trinajstić information content (AvgIpc) is 2.33. The SMILES string of the molecule is C1=C[C@@H]2CNC[C@H]2OC1. The second-order valence-corrected chi connectivity index (χ2v) is 2.62. The van der Waals surface area contributed by atoms with Crippen molar-refractivity contribution in [3.05, 3.63) is 12.2 Å². The Morgan fingerprint density at radius 1 is 1.44 bits per heavy atom. The lowest BCUT2D eigenvalue weighted by atomic mass is 10.0. The van der Waals surface area contributed by atoms with Crippen molar-refractivity contribution in [3.63, 3.8) is 0 Å². The molecule has 0 aromatic carbocycles. The summed E-state index contributed by atoms with van der Waals surface area (Å²) in [5.74, 6) is 0.652. The predicted octanol–water partition coefficient (Wildman–Crippen LogP) is 0.161. The first kappa shape index (κ1) is 5.45. The van der Waals surface area contributed by atoms with Gasteiger partial charge in [0, 0.05) is 19.0 Å². The maximum Gasteiger partial charge on any atom is 0.0778 e. The maximum absolute atomic E-state index is 5.45. The molecule has 0 radical (unpaired) electrons. The quantitative estimate of drug-likeness (QED) is 0.466. The highest BCUT2D eigenvalue weighted by atomic mass is 16.5. The van der Waals surface area contributed by atoms with E-state index in [1.54, 1.807) is 0 Å². The van der Waals surface area contributed by atoms with Crippen molar-refractivity contribution in [2.45, 2.75) is 6.10 Å². The second-order valence-electron chi connectivity index (χ2n) is 2.62. The van der Waals surface area contributed by atoms with Crippen molar-refractivity contribution in [2.24, 2.45) is 5.92 Å². The highest BCUT2D eigenvalue weighted by Crippen LogP contribution is 2.17. The van der Waals surface area contributed by atoms with Gasteiger partial charge in [-0.05, 0) is 0 Å². The Labute approximate surface area is 54.9 Å². The van der Waals surface area contributed by atoms with Gasteiger partial charge >= 0.3 is 0 Å². The van der Waals surface area contributed by atoms with Gasteiger partial charge in [-0.25, -0.2) is 0 Å². The summed E-state index contributed by atoms with van der Waals surface area (Å²) in [6.45, 7) is 2.94. The Balaban J connectivity index is 2.10. The van der Waals surface area contributed by atoms with Gasteiger partial charge in [-0.2, -0.15) is 0 Å². The van der Waals surface area contributed by atoms with E-state index in [1.165, 1.54) is 0 Å². The molecule has 0 bridgehead atoms. The number of nitrogens with one attached hydrogen (secondary N) is 1. The van der Waals surface area contributed by atoms with E-state index in [9.17, 15) is 0 Å². The third kappa shape index (κ3) is 0.884. The summed E-state index contributed by atoms with van der Waals surface area (Å²) in [5, 5.41) is 3.29. The summed E-state index contributed by atoms with van der Waals surface area (Å²) < 4.78 is 5.45. The molecular formula is C7H11NO. The topological polar surface area (TPSA) is 21.3 Å². The van der Waals surface area contributed by atoms with Gasteiger partial charge < -0.3 is 10.1 Å². The molecule has 1 N–H and O–H groups in total. The summed E-state index contributed by atoms with van der Waals surface area (Å²) in [6, 6.07) is 0. The first-order chi connectivity index (χ1) is 4.47. The van der Waals surface area contributed by atoms with Crippen LogP contribution in [0, 0.1) is 5.92 Å². The van der Waals surface area contributed by atoms with Gasteiger partial charge in [-0.3, -0.25) is 0 Å². The summed E-state index contributed by atoms with van der Waals surface area (Å²) in [5.41, 5.74) is 0. The molecule has 0 aliphatic carbocycles. The molecule has 9 heavy (non-hydrogen) atoms. The molecule has 0 aromatic heterocycles. The molecule has 0 saturated carbocycles. The van der Waals surface area contributed by atoms with Crippen LogP contribution in [-0.2, 0) is 4.74 Å². The van der Waals surface area contributed by atoms with E-state index in [-0.39, 0.29) is 0 Å². The lowest BCUT2D eigenvalue weighted by molar-refractivity contribution is 0.0598. The molecular weight excluding hydrogens is 114 g/mol. The fourth-order valence-electron chi connectivity index (χ4n) is 1.46. The Morgan fingerprint density at radius 2 is 2.44 bits per heavy atom. The lowest BCUT2D eigenvalue weighted by Crippen LogP contribution is -2.24. The second kappa shape index (κ2) is 2.12. The van der Waals surface area contributed by atoms with E-state index >= 15 is 0 Å². The fraction of sp³-hybridized carbons (Fsp3) is 0.714. The summed E-state index contributed by atoms with van der Waals surface area (Å²) >= 11 is 0. The van der Waals surface area contributed by atoms with Gasteiger partial charge in [0.05, 0.1) is 12.7 Å². The number of ether oxygens (including phenoxy) is 1. The van der Waals surface area contributed by atoms with Crippen LogP contribution in [0.5, 0.6) is 0 Å². The van der Waals surface area contributed by atoms with Gasteiger partial charge in [-0.1, -0.05) is 12.2 Å². The largest absolute Gasteiger partial charge is 0.372 e. The van der Waals surface area contributed by atoms with E-state index in [0.29, 0.717) is 12.0 Å². The summed E-state index contributed by atoms with van der Waals surface area (Å²) in [7, 11) is 0. The van der Waals surface area contributed by atoms with Crippen molar-refractivity contribution >= 4 is 0 Å². The van der Waals surface area contributed by atoms with Gasteiger partial charge in [-0.15, -0.1) is 0 Å². The lowest BCUT2D eigenvalue weighted by Gasteiger charge is -2.18. The normalized spacial score (nSPS) is 40.9. The summed E-state index contributed by atoms with van der Waals surface area (Å²) in [6.07, 6.45) is 4.83. The van der Waals surface area contributed by atoms with Crippen LogP contribution < -0.4 is 5.32 Å². The molecule has 0 unspecified atom stereocenters. The van der Waals surface area contributed by atoms with Crippen molar-refractivity contribution in [1.29, 1.82) is 0 Å². The molecule has 2 atom stereocenters. The van der Waals surface area contributed by atoms with E-state index in [2.05, 4.69) is 17.5 Å². The van der Waals surface area contributed by atoms with Crippen molar-refractivity contribution < 1.29 is 4.74 Å². The van der Waals surface area contributed by atoms with Crippen molar-refractivity contribution in [3.8, 4) is 0 Å².